The first-order chi connectivity index (χ1) is 13.3. The minimum Gasteiger partial charge on any atom is -0.379 e. The molecule has 2 aromatic rings. The summed E-state index contributed by atoms with van der Waals surface area (Å²) in [6.45, 7) is 10.6. The number of thiazole rings is 1. The number of nitrogens with one attached hydrogen (secondary N) is 2. The van der Waals surface area contributed by atoms with E-state index in [9.17, 15) is 0 Å². The quantitative estimate of drug-likeness (QED) is 0.244. The molecule has 0 bridgehead atoms. The van der Waals surface area contributed by atoms with Gasteiger partial charge >= 0.3 is 0 Å². The van der Waals surface area contributed by atoms with Crippen LogP contribution in [0.3, 0.4) is 0 Å². The predicted molar refractivity (Wildman–Crippen MR) is 129 cm³/mol. The lowest BCUT2D eigenvalue weighted by atomic mass is 10.2. The number of halogens is 1. The van der Waals surface area contributed by atoms with Crippen molar-refractivity contribution in [2.24, 2.45) is 4.99 Å². The van der Waals surface area contributed by atoms with Gasteiger partial charge in [-0.2, -0.15) is 0 Å². The molecule has 1 aromatic heterocycles. The fourth-order valence-electron chi connectivity index (χ4n) is 3.17. The van der Waals surface area contributed by atoms with E-state index in [1.54, 1.807) is 11.3 Å². The van der Waals surface area contributed by atoms with E-state index < -0.39 is 0 Å². The summed E-state index contributed by atoms with van der Waals surface area (Å²) in [6.07, 6.45) is 2.04. The van der Waals surface area contributed by atoms with Gasteiger partial charge in [-0.1, -0.05) is 12.1 Å². The van der Waals surface area contributed by atoms with Crippen LogP contribution in [0.2, 0.25) is 0 Å². The van der Waals surface area contributed by atoms with Gasteiger partial charge in [-0.25, -0.2) is 4.98 Å². The second kappa shape index (κ2) is 12.6. The first-order valence-electron chi connectivity index (χ1n) is 9.94. The number of ether oxygens (including phenoxy) is 1. The van der Waals surface area contributed by atoms with E-state index in [1.165, 1.54) is 9.71 Å². The fraction of sp³-hybridized carbons (Fsp3) is 0.600. The Hall–Kier alpha value is -0.970. The van der Waals surface area contributed by atoms with Crippen LogP contribution in [0, 0.1) is 0 Å². The third kappa shape index (κ3) is 7.13. The molecule has 1 saturated heterocycles. The summed E-state index contributed by atoms with van der Waals surface area (Å²) in [5.41, 5.74) is 1.11. The van der Waals surface area contributed by atoms with Crippen LogP contribution >= 0.6 is 35.3 Å². The lowest BCUT2D eigenvalue weighted by Gasteiger charge is -2.31. The van der Waals surface area contributed by atoms with Crippen LogP contribution in [-0.2, 0) is 11.2 Å². The molecule has 0 saturated carbocycles. The Morgan fingerprint density at radius 3 is 2.82 bits per heavy atom. The first-order valence-corrected chi connectivity index (χ1v) is 10.8. The second-order valence-corrected chi connectivity index (χ2v) is 7.94. The molecule has 3 rings (SSSR count). The fourth-order valence-corrected chi connectivity index (χ4v) is 4.18. The molecule has 2 N–H and O–H groups in total. The summed E-state index contributed by atoms with van der Waals surface area (Å²) in [5.74, 6) is 0.905. The van der Waals surface area contributed by atoms with E-state index in [2.05, 4.69) is 47.6 Å². The average molecular weight is 517 g/mol. The van der Waals surface area contributed by atoms with Gasteiger partial charge in [-0.15, -0.1) is 35.3 Å². The molecule has 8 heteroatoms. The van der Waals surface area contributed by atoms with Crippen molar-refractivity contribution in [2.75, 3.05) is 45.9 Å². The molecule has 6 nitrogen and oxygen atoms in total. The van der Waals surface area contributed by atoms with E-state index in [0.29, 0.717) is 6.04 Å². The number of rotatable bonds is 8. The molecule has 28 heavy (non-hydrogen) atoms. The first kappa shape index (κ1) is 23.3. The largest absolute Gasteiger partial charge is 0.379 e. The highest BCUT2D eigenvalue weighted by atomic mass is 127. The van der Waals surface area contributed by atoms with E-state index in [0.717, 1.165) is 70.3 Å². The number of aromatic nitrogens is 1. The topological polar surface area (TPSA) is 61.8 Å². The van der Waals surface area contributed by atoms with Gasteiger partial charge in [-0.3, -0.25) is 9.89 Å². The Kier molecular flexibility index (Phi) is 10.5. The number of fused-ring (bicyclic) bond motifs is 1. The number of aliphatic imine (C=N–C) groups is 1. The van der Waals surface area contributed by atoms with E-state index >= 15 is 0 Å². The number of guanidine groups is 1. The third-order valence-electron chi connectivity index (χ3n) is 4.72. The van der Waals surface area contributed by atoms with Gasteiger partial charge in [0.2, 0.25) is 0 Å². The van der Waals surface area contributed by atoms with Crippen molar-refractivity contribution in [3.63, 3.8) is 0 Å². The summed E-state index contributed by atoms with van der Waals surface area (Å²) >= 11 is 1.80. The Balaban J connectivity index is 0.00000280. The maximum absolute atomic E-state index is 5.43. The molecule has 1 aliphatic heterocycles. The SMILES string of the molecule is CCNC(=NCC(C)N1CCOCC1)NCCCc1nc2ccccc2s1.I. The van der Waals surface area contributed by atoms with Gasteiger partial charge in [0.05, 0.1) is 35.0 Å². The smallest absolute Gasteiger partial charge is 0.191 e. The zero-order valence-corrected chi connectivity index (χ0v) is 20.0. The Morgan fingerprint density at radius 1 is 1.29 bits per heavy atom. The molecule has 1 fully saturated rings. The number of benzene rings is 1. The van der Waals surface area contributed by atoms with Crippen LogP contribution in [0.4, 0.5) is 0 Å². The normalized spacial score (nSPS) is 16.6. The molecule has 1 unspecified atom stereocenters. The maximum atomic E-state index is 5.43. The van der Waals surface area contributed by atoms with Crippen molar-refractivity contribution in [2.45, 2.75) is 32.7 Å². The van der Waals surface area contributed by atoms with Gasteiger partial charge in [-0.05, 0) is 32.4 Å². The van der Waals surface area contributed by atoms with Crippen LogP contribution < -0.4 is 10.6 Å². The standard InChI is InChI=1S/C20H31N5OS.HI/c1-3-21-20(23-15-16(2)25-11-13-26-14-12-25)22-10-6-9-19-24-17-7-4-5-8-18(17)27-19;/h4-5,7-8,16H,3,6,9-15H2,1-2H3,(H2,21,22,23);1H. The zero-order valence-electron chi connectivity index (χ0n) is 16.8. The molecule has 1 aromatic carbocycles. The average Bonchev–Trinajstić information content (AvgIpc) is 3.12. The second-order valence-electron chi connectivity index (χ2n) is 6.82. The van der Waals surface area contributed by atoms with Crippen LogP contribution in [0.1, 0.15) is 25.3 Å². The number of para-hydroxylation sites is 1. The third-order valence-corrected chi connectivity index (χ3v) is 5.82. The van der Waals surface area contributed by atoms with Gasteiger partial charge in [0.25, 0.3) is 0 Å². The number of aryl methyl sites for hydroxylation is 1. The lowest BCUT2D eigenvalue weighted by Crippen LogP contribution is -2.44. The van der Waals surface area contributed by atoms with Gasteiger partial charge in [0, 0.05) is 38.6 Å². The highest BCUT2D eigenvalue weighted by Gasteiger charge is 2.16. The summed E-state index contributed by atoms with van der Waals surface area (Å²) < 4.78 is 6.70. The van der Waals surface area contributed by atoms with E-state index in [1.807, 2.05) is 6.07 Å². The van der Waals surface area contributed by atoms with Crippen molar-refractivity contribution in [1.29, 1.82) is 0 Å². The van der Waals surface area contributed by atoms with Crippen LogP contribution in [0.5, 0.6) is 0 Å². The molecular weight excluding hydrogens is 485 g/mol. The number of hydrogen-bond acceptors (Lipinski definition) is 5. The monoisotopic (exact) mass is 517 g/mol. The molecule has 0 radical (unpaired) electrons. The summed E-state index contributed by atoms with van der Waals surface area (Å²) in [6, 6.07) is 8.78. The van der Waals surface area contributed by atoms with Crippen molar-refractivity contribution >= 4 is 51.5 Å². The Labute approximate surface area is 189 Å². The van der Waals surface area contributed by atoms with E-state index in [-0.39, 0.29) is 24.0 Å². The minimum absolute atomic E-state index is 0. The van der Waals surface area contributed by atoms with Crippen molar-refractivity contribution in [1.82, 2.24) is 20.5 Å². The van der Waals surface area contributed by atoms with Crippen molar-refractivity contribution in [3.8, 4) is 0 Å². The molecule has 1 aliphatic rings. The van der Waals surface area contributed by atoms with Gasteiger partial charge in [0.1, 0.15) is 0 Å². The highest BCUT2D eigenvalue weighted by Crippen LogP contribution is 2.22. The Bertz CT molecular complexity index is 699. The predicted octanol–water partition coefficient (Wildman–Crippen LogP) is 3.12. The highest BCUT2D eigenvalue weighted by molar-refractivity contribution is 14.0. The van der Waals surface area contributed by atoms with Crippen LogP contribution in [0.15, 0.2) is 29.3 Å². The molecule has 2 heterocycles. The molecule has 0 spiro atoms. The van der Waals surface area contributed by atoms with Gasteiger partial charge in [0.15, 0.2) is 5.96 Å². The molecule has 1 atom stereocenters. The minimum atomic E-state index is 0. The number of nitrogens with zero attached hydrogens (tertiary/aromatic N) is 3. The molecule has 156 valence electrons. The lowest BCUT2D eigenvalue weighted by molar-refractivity contribution is 0.0220. The molecular formula is C20H32IN5OS. The van der Waals surface area contributed by atoms with Gasteiger partial charge < -0.3 is 15.4 Å². The maximum Gasteiger partial charge on any atom is 0.191 e. The zero-order chi connectivity index (χ0) is 18.9. The number of morpholine rings is 1. The van der Waals surface area contributed by atoms with Crippen LogP contribution in [0.25, 0.3) is 10.2 Å². The van der Waals surface area contributed by atoms with Crippen LogP contribution in [-0.4, -0.2) is 67.8 Å². The van der Waals surface area contributed by atoms with Crippen molar-refractivity contribution < 1.29 is 4.74 Å². The van der Waals surface area contributed by atoms with Crippen molar-refractivity contribution in [3.05, 3.63) is 29.3 Å². The number of hydrogen-bond donors (Lipinski definition) is 2. The molecule has 0 amide bonds. The van der Waals surface area contributed by atoms with E-state index in [4.69, 9.17) is 14.7 Å². The summed E-state index contributed by atoms with van der Waals surface area (Å²) in [7, 11) is 0. The summed E-state index contributed by atoms with van der Waals surface area (Å²) in [5, 5.41) is 8.01. The summed E-state index contributed by atoms with van der Waals surface area (Å²) in [4.78, 5) is 11.9. The Morgan fingerprint density at radius 2 is 2.07 bits per heavy atom. The molecule has 0 aliphatic carbocycles.